The van der Waals surface area contributed by atoms with Gasteiger partial charge in [0.15, 0.2) is 0 Å². The molecule has 0 radical (unpaired) electrons. The lowest BCUT2D eigenvalue weighted by Crippen LogP contribution is -2.43. The number of nitrogens with zero attached hydrogens (tertiary/aromatic N) is 1. The molecule has 4 heteroatoms. The zero-order chi connectivity index (χ0) is 12.1. The third-order valence-corrected chi connectivity index (χ3v) is 3.26. The minimum absolute atomic E-state index is 0.0921. The number of ether oxygens (including phenoxy) is 1. The summed E-state index contributed by atoms with van der Waals surface area (Å²) in [5, 5.41) is 3.30. The highest BCUT2D eigenvalue weighted by Crippen LogP contribution is 2.33. The lowest BCUT2D eigenvalue weighted by molar-refractivity contribution is -0.143. The maximum atomic E-state index is 11.5. The Morgan fingerprint density at radius 3 is 2.56 bits per heavy atom. The number of carbonyl (C=O) groups excluding carboxylic acids is 1. The zero-order valence-electron chi connectivity index (χ0n) is 10.8. The van der Waals surface area contributed by atoms with Crippen LogP contribution < -0.4 is 5.32 Å². The van der Waals surface area contributed by atoms with Crippen LogP contribution in [0.1, 0.15) is 26.7 Å². The summed E-state index contributed by atoms with van der Waals surface area (Å²) in [6, 6.07) is 0.449. The van der Waals surface area contributed by atoms with Crippen molar-refractivity contribution in [3.05, 3.63) is 0 Å². The number of rotatable bonds is 7. The standard InChI is InChI=1S/C12H24N2O2/c1-9(2)14(3)8-7-13-11(10-5-6-10)12(15)16-4/h9-11,13H,5-8H2,1-4H3. The molecule has 0 saturated heterocycles. The van der Waals surface area contributed by atoms with Gasteiger partial charge in [0.2, 0.25) is 0 Å². The quantitative estimate of drug-likeness (QED) is 0.656. The molecule has 1 saturated carbocycles. The van der Waals surface area contributed by atoms with Crippen LogP contribution >= 0.6 is 0 Å². The minimum Gasteiger partial charge on any atom is -0.468 e. The van der Waals surface area contributed by atoms with Crippen molar-refractivity contribution in [3.8, 4) is 0 Å². The summed E-state index contributed by atoms with van der Waals surface area (Å²) in [5.41, 5.74) is 0. The summed E-state index contributed by atoms with van der Waals surface area (Å²) >= 11 is 0. The fraction of sp³-hybridized carbons (Fsp3) is 0.917. The van der Waals surface area contributed by atoms with Crippen LogP contribution in [0.5, 0.6) is 0 Å². The molecule has 1 rings (SSSR count). The first-order chi connectivity index (χ1) is 7.56. The van der Waals surface area contributed by atoms with E-state index in [0.29, 0.717) is 12.0 Å². The van der Waals surface area contributed by atoms with E-state index in [-0.39, 0.29) is 12.0 Å². The van der Waals surface area contributed by atoms with Gasteiger partial charge >= 0.3 is 5.97 Å². The van der Waals surface area contributed by atoms with E-state index in [9.17, 15) is 4.79 Å². The number of hydrogen-bond acceptors (Lipinski definition) is 4. The van der Waals surface area contributed by atoms with Crippen molar-refractivity contribution >= 4 is 5.97 Å². The van der Waals surface area contributed by atoms with Crippen molar-refractivity contribution in [1.82, 2.24) is 10.2 Å². The largest absolute Gasteiger partial charge is 0.468 e. The van der Waals surface area contributed by atoms with Gasteiger partial charge in [-0.25, -0.2) is 0 Å². The van der Waals surface area contributed by atoms with Crippen LogP contribution in [0.15, 0.2) is 0 Å². The van der Waals surface area contributed by atoms with E-state index in [1.807, 2.05) is 0 Å². The summed E-state index contributed by atoms with van der Waals surface area (Å²) in [7, 11) is 3.55. The molecule has 4 nitrogen and oxygen atoms in total. The highest BCUT2D eigenvalue weighted by Gasteiger charge is 2.36. The van der Waals surface area contributed by atoms with Crippen LogP contribution in [0, 0.1) is 5.92 Å². The molecule has 1 atom stereocenters. The van der Waals surface area contributed by atoms with E-state index in [1.165, 1.54) is 7.11 Å². The number of nitrogens with one attached hydrogen (secondary N) is 1. The van der Waals surface area contributed by atoms with Crippen molar-refractivity contribution in [3.63, 3.8) is 0 Å². The van der Waals surface area contributed by atoms with Crippen molar-refractivity contribution in [2.24, 2.45) is 5.92 Å². The molecule has 0 spiro atoms. The maximum absolute atomic E-state index is 11.5. The summed E-state index contributed by atoms with van der Waals surface area (Å²) in [6.45, 7) is 6.13. The van der Waals surface area contributed by atoms with Gasteiger partial charge in [0.1, 0.15) is 6.04 Å². The predicted octanol–water partition coefficient (Wildman–Crippen LogP) is 0.868. The van der Waals surface area contributed by atoms with Gasteiger partial charge in [-0.1, -0.05) is 0 Å². The Morgan fingerprint density at radius 1 is 1.50 bits per heavy atom. The fourth-order valence-electron chi connectivity index (χ4n) is 1.65. The molecule has 1 unspecified atom stereocenters. The van der Waals surface area contributed by atoms with Gasteiger partial charge in [0, 0.05) is 19.1 Å². The topological polar surface area (TPSA) is 41.6 Å². The Balaban J connectivity index is 2.25. The van der Waals surface area contributed by atoms with Crippen molar-refractivity contribution in [2.45, 2.75) is 38.8 Å². The highest BCUT2D eigenvalue weighted by atomic mass is 16.5. The van der Waals surface area contributed by atoms with Crippen LogP contribution in [-0.2, 0) is 9.53 Å². The lowest BCUT2D eigenvalue weighted by atomic mass is 10.2. The number of likely N-dealkylation sites (N-methyl/N-ethyl adjacent to an activating group) is 1. The second-order valence-electron chi connectivity index (χ2n) is 4.87. The first-order valence-corrected chi connectivity index (χ1v) is 6.07. The van der Waals surface area contributed by atoms with Crippen molar-refractivity contribution in [1.29, 1.82) is 0 Å². The average molecular weight is 228 g/mol. The molecule has 1 aliphatic rings. The molecule has 1 N–H and O–H groups in total. The molecule has 1 aliphatic carbocycles. The van der Waals surface area contributed by atoms with Crippen LogP contribution in [0.4, 0.5) is 0 Å². The highest BCUT2D eigenvalue weighted by molar-refractivity contribution is 5.76. The van der Waals surface area contributed by atoms with Gasteiger partial charge in [-0.2, -0.15) is 0 Å². The second-order valence-corrected chi connectivity index (χ2v) is 4.87. The van der Waals surface area contributed by atoms with Crippen LogP contribution in [0.3, 0.4) is 0 Å². The van der Waals surface area contributed by atoms with Gasteiger partial charge in [0.05, 0.1) is 7.11 Å². The predicted molar refractivity (Wildman–Crippen MR) is 64.3 cm³/mol. The van der Waals surface area contributed by atoms with Gasteiger partial charge in [-0.15, -0.1) is 0 Å². The Morgan fingerprint density at radius 2 is 2.12 bits per heavy atom. The summed E-state index contributed by atoms with van der Waals surface area (Å²) in [5.74, 6) is 0.381. The monoisotopic (exact) mass is 228 g/mol. The second kappa shape index (κ2) is 6.21. The molecule has 1 fully saturated rings. The van der Waals surface area contributed by atoms with E-state index in [1.54, 1.807) is 0 Å². The molecule has 0 amide bonds. The molecule has 0 bridgehead atoms. The maximum Gasteiger partial charge on any atom is 0.323 e. The van der Waals surface area contributed by atoms with Crippen LogP contribution in [0.2, 0.25) is 0 Å². The first-order valence-electron chi connectivity index (χ1n) is 6.07. The van der Waals surface area contributed by atoms with E-state index in [4.69, 9.17) is 4.74 Å². The fourth-order valence-corrected chi connectivity index (χ4v) is 1.65. The average Bonchev–Trinajstić information content (AvgIpc) is 3.06. The third-order valence-electron chi connectivity index (χ3n) is 3.26. The summed E-state index contributed by atoms with van der Waals surface area (Å²) < 4.78 is 4.80. The Hall–Kier alpha value is -0.610. The van der Waals surface area contributed by atoms with E-state index in [2.05, 4.69) is 31.1 Å². The zero-order valence-corrected chi connectivity index (χ0v) is 10.8. The molecular weight excluding hydrogens is 204 g/mol. The minimum atomic E-state index is -0.116. The Kier molecular flexibility index (Phi) is 5.22. The molecular formula is C12H24N2O2. The molecule has 0 aliphatic heterocycles. The smallest absolute Gasteiger partial charge is 0.323 e. The van der Waals surface area contributed by atoms with Crippen molar-refractivity contribution < 1.29 is 9.53 Å². The molecule has 0 aromatic rings. The molecule has 16 heavy (non-hydrogen) atoms. The molecule has 0 aromatic heterocycles. The number of hydrogen-bond donors (Lipinski definition) is 1. The van der Waals surface area contributed by atoms with Crippen LogP contribution in [-0.4, -0.2) is 50.2 Å². The molecule has 0 heterocycles. The van der Waals surface area contributed by atoms with Gasteiger partial charge < -0.3 is 15.0 Å². The molecule has 94 valence electrons. The SMILES string of the molecule is COC(=O)C(NCCN(C)C(C)C)C1CC1. The summed E-state index contributed by atoms with van der Waals surface area (Å²) in [6.07, 6.45) is 2.29. The number of carbonyl (C=O) groups is 1. The molecule has 0 aromatic carbocycles. The number of esters is 1. The summed E-state index contributed by atoms with van der Waals surface area (Å²) in [4.78, 5) is 13.8. The Labute approximate surface area is 98.3 Å². The van der Waals surface area contributed by atoms with E-state index >= 15 is 0 Å². The van der Waals surface area contributed by atoms with Crippen molar-refractivity contribution in [2.75, 3.05) is 27.2 Å². The lowest BCUT2D eigenvalue weighted by Gasteiger charge is -2.23. The van der Waals surface area contributed by atoms with Crippen LogP contribution in [0.25, 0.3) is 0 Å². The van der Waals surface area contributed by atoms with Gasteiger partial charge in [-0.3, -0.25) is 4.79 Å². The number of methoxy groups -OCH3 is 1. The third kappa shape index (κ3) is 4.10. The Bertz CT molecular complexity index is 227. The first kappa shape index (κ1) is 13.5. The van der Waals surface area contributed by atoms with E-state index < -0.39 is 0 Å². The normalized spacial score (nSPS) is 17.9. The van der Waals surface area contributed by atoms with E-state index in [0.717, 1.165) is 25.9 Å². The van der Waals surface area contributed by atoms with Gasteiger partial charge in [0.25, 0.3) is 0 Å². The van der Waals surface area contributed by atoms with Gasteiger partial charge in [-0.05, 0) is 39.7 Å².